The van der Waals surface area contributed by atoms with Gasteiger partial charge >= 0.3 is 0 Å². The Morgan fingerprint density at radius 3 is 2.40 bits per heavy atom. The van der Waals surface area contributed by atoms with E-state index in [1.165, 1.54) is 0 Å². The van der Waals surface area contributed by atoms with Crippen LogP contribution in [0.15, 0.2) is 83.4 Å². The molecule has 0 saturated carbocycles. The van der Waals surface area contributed by atoms with Crippen LogP contribution in [-0.2, 0) is 24.9 Å². The Kier molecular flexibility index (Phi) is 7.86. The highest BCUT2D eigenvalue weighted by atomic mass is 16.7. The highest BCUT2D eigenvalue weighted by Crippen LogP contribution is 2.32. The molecule has 0 fully saturated rings. The molecule has 206 valence electrons. The van der Waals surface area contributed by atoms with E-state index in [4.69, 9.17) is 14.0 Å². The maximum atomic E-state index is 13.6. The van der Waals surface area contributed by atoms with Crippen LogP contribution in [0.25, 0.3) is 0 Å². The first-order valence-corrected chi connectivity index (χ1v) is 13.3. The second-order valence-electron chi connectivity index (χ2n) is 10.8. The summed E-state index contributed by atoms with van der Waals surface area (Å²) in [7, 11) is 0. The lowest BCUT2D eigenvalue weighted by atomic mass is 9.86. The molecule has 0 unspecified atom stereocenters. The van der Waals surface area contributed by atoms with Gasteiger partial charge in [-0.1, -0.05) is 74.5 Å². The van der Waals surface area contributed by atoms with E-state index in [1.807, 2.05) is 72.8 Å². The van der Waals surface area contributed by atoms with Crippen LogP contribution in [0, 0.1) is 0 Å². The molecule has 1 aliphatic heterocycles. The average Bonchev–Trinajstić information content (AvgIpc) is 3.63. The van der Waals surface area contributed by atoms with Gasteiger partial charge in [-0.15, -0.1) is 0 Å². The standard InChI is InChI=1S/C32H33N3O5/c1-32(2,3)25-12-10-24(11-13-25)31(37)35(16-15-22-7-5-4-6-8-22)20-26-18-27(34-40-26)30(36)33-19-23-9-14-28-29(17-23)39-21-38-28/h4-14,17-18H,15-16,19-21H2,1-3H3,(H,33,36). The topological polar surface area (TPSA) is 93.9 Å². The van der Waals surface area contributed by atoms with Crippen LogP contribution in [0.5, 0.6) is 11.5 Å². The number of benzene rings is 3. The van der Waals surface area contributed by atoms with Gasteiger partial charge in [0.1, 0.15) is 0 Å². The molecule has 8 nitrogen and oxygen atoms in total. The number of amides is 2. The molecule has 1 aromatic heterocycles. The Balaban J connectivity index is 1.26. The molecule has 8 heteroatoms. The molecule has 0 aliphatic carbocycles. The minimum atomic E-state index is -0.368. The molecule has 0 bridgehead atoms. The lowest BCUT2D eigenvalue weighted by molar-refractivity contribution is 0.0729. The number of hydrogen-bond donors (Lipinski definition) is 1. The first-order chi connectivity index (χ1) is 19.3. The van der Waals surface area contributed by atoms with Crippen LogP contribution < -0.4 is 14.8 Å². The Bertz CT molecular complexity index is 1470. The fourth-order valence-electron chi connectivity index (χ4n) is 4.46. The van der Waals surface area contributed by atoms with Crippen molar-refractivity contribution in [2.24, 2.45) is 0 Å². The summed E-state index contributed by atoms with van der Waals surface area (Å²) in [5, 5.41) is 6.81. The summed E-state index contributed by atoms with van der Waals surface area (Å²) in [6.45, 7) is 7.59. The van der Waals surface area contributed by atoms with Crippen molar-refractivity contribution in [3.05, 3.63) is 113 Å². The van der Waals surface area contributed by atoms with Gasteiger partial charge in [-0.25, -0.2) is 0 Å². The minimum Gasteiger partial charge on any atom is -0.454 e. The number of aromatic nitrogens is 1. The van der Waals surface area contributed by atoms with E-state index < -0.39 is 0 Å². The maximum Gasteiger partial charge on any atom is 0.273 e. The number of carbonyl (C=O) groups is 2. The summed E-state index contributed by atoms with van der Waals surface area (Å²) in [4.78, 5) is 28.1. The number of nitrogens with one attached hydrogen (secondary N) is 1. The van der Waals surface area contributed by atoms with Gasteiger partial charge in [0.05, 0.1) is 6.54 Å². The van der Waals surface area contributed by atoms with Gasteiger partial charge in [-0.2, -0.15) is 0 Å². The van der Waals surface area contributed by atoms with E-state index in [-0.39, 0.29) is 36.3 Å². The lowest BCUT2D eigenvalue weighted by Crippen LogP contribution is -2.32. The van der Waals surface area contributed by atoms with Gasteiger partial charge in [-0.3, -0.25) is 9.59 Å². The van der Waals surface area contributed by atoms with Crippen LogP contribution >= 0.6 is 0 Å². The summed E-state index contributed by atoms with van der Waals surface area (Å²) in [6, 6.07) is 24.9. The van der Waals surface area contributed by atoms with Crippen LogP contribution in [-0.4, -0.2) is 35.2 Å². The quantitative estimate of drug-likeness (QED) is 0.301. The van der Waals surface area contributed by atoms with Crippen LogP contribution in [0.4, 0.5) is 0 Å². The van der Waals surface area contributed by atoms with Crippen LogP contribution in [0.2, 0.25) is 0 Å². The summed E-state index contributed by atoms with van der Waals surface area (Å²) < 4.78 is 16.2. The van der Waals surface area contributed by atoms with Crippen LogP contribution in [0.1, 0.15) is 64.1 Å². The smallest absolute Gasteiger partial charge is 0.273 e. The summed E-state index contributed by atoms with van der Waals surface area (Å²) in [5.41, 5.74) is 3.91. The predicted molar refractivity (Wildman–Crippen MR) is 150 cm³/mol. The van der Waals surface area contributed by atoms with E-state index in [0.29, 0.717) is 42.3 Å². The van der Waals surface area contributed by atoms with Crippen LogP contribution in [0.3, 0.4) is 0 Å². The minimum absolute atomic E-state index is 0.00584. The molecule has 3 aromatic carbocycles. The van der Waals surface area contributed by atoms with E-state index in [2.05, 4.69) is 31.2 Å². The molecule has 0 radical (unpaired) electrons. The van der Waals surface area contributed by atoms with Crippen molar-refractivity contribution in [3.8, 4) is 11.5 Å². The monoisotopic (exact) mass is 539 g/mol. The number of carbonyl (C=O) groups excluding carboxylic acids is 2. The zero-order chi connectivity index (χ0) is 28.1. The van der Waals surface area contributed by atoms with E-state index in [1.54, 1.807) is 11.0 Å². The first kappa shape index (κ1) is 27.0. The second-order valence-corrected chi connectivity index (χ2v) is 10.8. The average molecular weight is 540 g/mol. The fraction of sp³-hybridized carbons (Fsp3) is 0.281. The molecular formula is C32H33N3O5. The zero-order valence-electron chi connectivity index (χ0n) is 23.0. The number of hydrogen-bond acceptors (Lipinski definition) is 6. The third-order valence-corrected chi connectivity index (χ3v) is 6.83. The van der Waals surface area contributed by atoms with E-state index in [0.717, 1.165) is 16.7 Å². The lowest BCUT2D eigenvalue weighted by Gasteiger charge is -2.23. The number of fused-ring (bicyclic) bond motifs is 1. The van der Waals surface area contributed by atoms with Gasteiger partial charge in [0, 0.05) is 24.7 Å². The Labute approximate surface area is 233 Å². The highest BCUT2D eigenvalue weighted by molar-refractivity contribution is 5.94. The van der Waals surface area contributed by atoms with Crippen molar-refractivity contribution >= 4 is 11.8 Å². The normalized spacial score (nSPS) is 12.3. The van der Waals surface area contributed by atoms with Gasteiger partial charge in [0.15, 0.2) is 23.0 Å². The predicted octanol–water partition coefficient (Wildman–Crippen LogP) is 5.52. The summed E-state index contributed by atoms with van der Waals surface area (Å²) in [5.74, 6) is 1.30. The van der Waals surface area contributed by atoms with Crippen molar-refractivity contribution in [1.82, 2.24) is 15.4 Å². The van der Waals surface area contributed by atoms with Gasteiger partial charge in [-0.05, 0) is 52.8 Å². The highest BCUT2D eigenvalue weighted by Gasteiger charge is 2.22. The van der Waals surface area contributed by atoms with Crippen molar-refractivity contribution in [3.63, 3.8) is 0 Å². The number of ether oxygens (including phenoxy) is 2. The molecule has 1 N–H and O–H groups in total. The summed E-state index contributed by atoms with van der Waals surface area (Å²) in [6.07, 6.45) is 0.684. The second kappa shape index (κ2) is 11.7. The number of rotatable bonds is 9. The fourth-order valence-corrected chi connectivity index (χ4v) is 4.46. The molecule has 1 aliphatic rings. The number of nitrogens with zero attached hydrogens (tertiary/aromatic N) is 2. The molecule has 0 atom stereocenters. The van der Waals surface area contributed by atoms with Crippen molar-refractivity contribution in [1.29, 1.82) is 0 Å². The molecule has 0 spiro atoms. The SMILES string of the molecule is CC(C)(C)c1ccc(C(=O)N(CCc2ccccc2)Cc2cc(C(=O)NCc3ccc4c(c3)OCO4)no2)cc1. The largest absolute Gasteiger partial charge is 0.454 e. The molecule has 40 heavy (non-hydrogen) atoms. The molecule has 4 aromatic rings. The Morgan fingerprint density at radius 2 is 1.65 bits per heavy atom. The van der Waals surface area contributed by atoms with Gasteiger partial charge < -0.3 is 24.2 Å². The third-order valence-electron chi connectivity index (χ3n) is 6.83. The summed E-state index contributed by atoms with van der Waals surface area (Å²) >= 11 is 0. The van der Waals surface area contributed by atoms with E-state index >= 15 is 0 Å². The van der Waals surface area contributed by atoms with Gasteiger partial charge in [0.2, 0.25) is 6.79 Å². The van der Waals surface area contributed by atoms with E-state index in [9.17, 15) is 9.59 Å². The Hall–Kier alpha value is -4.59. The molecule has 2 amide bonds. The maximum absolute atomic E-state index is 13.6. The van der Waals surface area contributed by atoms with Crippen molar-refractivity contribution < 1.29 is 23.6 Å². The molecular weight excluding hydrogens is 506 g/mol. The molecule has 2 heterocycles. The first-order valence-electron chi connectivity index (χ1n) is 13.3. The Morgan fingerprint density at radius 1 is 0.900 bits per heavy atom. The van der Waals surface area contributed by atoms with Gasteiger partial charge in [0.25, 0.3) is 11.8 Å². The molecule has 5 rings (SSSR count). The molecule has 0 saturated heterocycles. The van der Waals surface area contributed by atoms with Crippen molar-refractivity contribution in [2.45, 2.75) is 45.7 Å². The third kappa shape index (κ3) is 6.51. The zero-order valence-corrected chi connectivity index (χ0v) is 23.0. The van der Waals surface area contributed by atoms with Crippen molar-refractivity contribution in [2.75, 3.05) is 13.3 Å².